The number of aliphatic imine (C=N–C) groups is 1. The van der Waals surface area contributed by atoms with E-state index in [2.05, 4.69) is 9.71 Å². The molecule has 0 amide bonds. The zero-order valence-corrected chi connectivity index (χ0v) is 17.0. The zero-order chi connectivity index (χ0) is 20.4. The Hall–Kier alpha value is -2.03. The van der Waals surface area contributed by atoms with Gasteiger partial charge in [-0.05, 0) is 42.5 Å². The number of sulfonamides is 1. The SMILES string of the molecule is CC1(C)CC(=O)C(C=Nc2ccc(S(=O)(=O)NCC3CCCO3)cc2)=C(O)C1. The molecule has 0 aromatic heterocycles. The maximum atomic E-state index is 12.4. The van der Waals surface area contributed by atoms with Crippen molar-refractivity contribution in [1.29, 1.82) is 0 Å². The van der Waals surface area contributed by atoms with E-state index in [4.69, 9.17) is 4.74 Å². The Balaban J connectivity index is 1.67. The number of ether oxygens (including phenoxy) is 1. The highest BCUT2D eigenvalue weighted by Crippen LogP contribution is 2.35. The molecule has 8 heteroatoms. The molecule has 0 radical (unpaired) electrons. The number of rotatable bonds is 6. The summed E-state index contributed by atoms with van der Waals surface area (Å²) in [6.45, 7) is 4.79. The Labute approximate surface area is 165 Å². The monoisotopic (exact) mass is 406 g/mol. The standard InChI is InChI=1S/C20H26N2O5S/c1-20(2)10-18(23)17(19(24)11-20)13-21-14-5-7-16(8-6-14)28(25,26)22-12-15-4-3-9-27-15/h5-8,13,15,22-23H,3-4,9-12H2,1-2H3. The first-order valence-electron chi connectivity index (χ1n) is 9.37. The Morgan fingerprint density at radius 1 is 1.29 bits per heavy atom. The van der Waals surface area contributed by atoms with Crippen LogP contribution in [0.15, 0.2) is 45.5 Å². The van der Waals surface area contributed by atoms with Crippen LogP contribution < -0.4 is 4.72 Å². The molecule has 7 nitrogen and oxygen atoms in total. The summed E-state index contributed by atoms with van der Waals surface area (Å²) in [6, 6.07) is 6.05. The van der Waals surface area contributed by atoms with Crippen LogP contribution in [0.5, 0.6) is 0 Å². The average Bonchev–Trinajstić information content (AvgIpc) is 3.12. The smallest absolute Gasteiger partial charge is 0.240 e. The third-order valence-electron chi connectivity index (χ3n) is 4.91. The van der Waals surface area contributed by atoms with E-state index in [1.807, 2.05) is 13.8 Å². The van der Waals surface area contributed by atoms with E-state index in [1.165, 1.54) is 18.3 Å². The molecule has 3 rings (SSSR count). The van der Waals surface area contributed by atoms with Crippen LogP contribution in [0.2, 0.25) is 0 Å². The number of hydrogen-bond donors (Lipinski definition) is 2. The normalized spacial score (nSPS) is 22.9. The van der Waals surface area contributed by atoms with E-state index in [-0.39, 0.29) is 40.1 Å². The number of aliphatic hydroxyl groups excluding tert-OH is 1. The van der Waals surface area contributed by atoms with Gasteiger partial charge in [0.05, 0.1) is 22.3 Å². The lowest BCUT2D eigenvalue weighted by atomic mass is 9.77. The third kappa shape index (κ3) is 5.06. The summed E-state index contributed by atoms with van der Waals surface area (Å²) < 4.78 is 32.7. The molecule has 0 spiro atoms. The number of nitrogens with zero attached hydrogens (tertiary/aromatic N) is 1. The quantitative estimate of drug-likeness (QED) is 0.707. The molecular weight excluding hydrogens is 380 g/mol. The summed E-state index contributed by atoms with van der Waals surface area (Å²) in [6.07, 6.45) is 3.86. The zero-order valence-electron chi connectivity index (χ0n) is 16.1. The van der Waals surface area contributed by atoms with E-state index >= 15 is 0 Å². The molecule has 1 fully saturated rings. The second kappa shape index (κ2) is 8.14. The number of ketones is 1. The van der Waals surface area contributed by atoms with Gasteiger partial charge in [0.1, 0.15) is 5.76 Å². The first-order valence-corrected chi connectivity index (χ1v) is 10.9. The topological polar surface area (TPSA) is 105 Å². The highest BCUT2D eigenvalue weighted by atomic mass is 32.2. The predicted octanol–water partition coefficient (Wildman–Crippen LogP) is 3.05. The molecule has 1 aliphatic carbocycles. The number of carbonyl (C=O) groups excluding carboxylic acids is 1. The Kier molecular flexibility index (Phi) is 6.02. The van der Waals surface area contributed by atoms with Crippen molar-refractivity contribution < 1.29 is 23.1 Å². The van der Waals surface area contributed by atoms with Crippen molar-refractivity contribution >= 4 is 27.7 Å². The number of aliphatic hydroxyl groups is 1. The number of Topliss-reactive ketones (excluding diaryl/α,β-unsaturated/α-hetero) is 1. The highest BCUT2D eigenvalue weighted by Gasteiger charge is 2.32. The van der Waals surface area contributed by atoms with Crippen LogP contribution in [0.4, 0.5) is 5.69 Å². The van der Waals surface area contributed by atoms with E-state index in [0.717, 1.165) is 12.8 Å². The maximum absolute atomic E-state index is 12.4. The fraction of sp³-hybridized carbons (Fsp3) is 0.500. The van der Waals surface area contributed by atoms with Gasteiger partial charge in [0.25, 0.3) is 0 Å². The van der Waals surface area contributed by atoms with Crippen LogP contribution in [0.25, 0.3) is 0 Å². The number of hydrogen-bond acceptors (Lipinski definition) is 6. The molecule has 1 saturated heterocycles. The Bertz CT molecular complexity index is 895. The van der Waals surface area contributed by atoms with Crippen LogP contribution >= 0.6 is 0 Å². The summed E-state index contributed by atoms with van der Waals surface area (Å²) in [4.78, 5) is 16.6. The van der Waals surface area contributed by atoms with Gasteiger partial charge in [-0.1, -0.05) is 13.8 Å². The highest BCUT2D eigenvalue weighted by molar-refractivity contribution is 7.89. The minimum atomic E-state index is -3.62. The van der Waals surface area contributed by atoms with E-state index < -0.39 is 10.0 Å². The van der Waals surface area contributed by atoms with Crippen LogP contribution in [0.1, 0.15) is 39.5 Å². The average molecular weight is 407 g/mol. The molecule has 1 unspecified atom stereocenters. The lowest BCUT2D eigenvalue weighted by Crippen LogP contribution is -2.31. The molecule has 2 N–H and O–H groups in total. The van der Waals surface area contributed by atoms with Crippen molar-refractivity contribution in [3.8, 4) is 0 Å². The molecule has 1 aromatic carbocycles. The van der Waals surface area contributed by atoms with E-state index in [9.17, 15) is 18.3 Å². The van der Waals surface area contributed by atoms with Crippen molar-refractivity contribution in [1.82, 2.24) is 4.72 Å². The van der Waals surface area contributed by atoms with Gasteiger partial charge in [0.2, 0.25) is 10.0 Å². The molecule has 1 atom stereocenters. The number of nitrogens with one attached hydrogen (secondary N) is 1. The minimum absolute atomic E-state index is 0.0440. The van der Waals surface area contributed by atoms with Gasteiger partial charge in [0.15, 0.2) is 5.78 Å². The lowest BCUT2D eigenvalue weighted by Gasteiger charge is -2.28. The van der Waals surface area contributed by atoms with Gasteiger partial charge in [-0.25, -0.2) is 13.1 Å². The first kappa shape index (κ1) is 20.7. The van der Waals surface area contributed by atoms with Crippen molar-refractivity contribution in [3.05, 3.63) is 35.6 Å². The molecule has 152 valence electrons. The molecule has 1 heterocycles. The van der Waals surface area contributed by atoms with Gasteiger partial charge in [0, 0.05) is 32.2 Å². The Morgan fingerprint density at radius 2 is 2.00 bits per heavy atom. The van der Waals surface area contributed by atoms with Crippen molar-refractivity contribution in [3.63, 3.8) is 0 Å². The first-order chi connectivity index (χ1) is 13.2. The fourth-order valence-electron chi connectivity index (χ4n) is 3.39. The van der Waals surface area contributed by atoms with Crippen LogP contribution in [0, 0.1) is 5.41 Å². The second-order valence-corrected chi connectivity index (χ2v) is 9.81. The molecule has 28 heavy (non-hydrogen) atoms. The number of benzene rings is 1. The summed E-state index contributed by atoms with van der Waals surface area (Å²) in [5, 5.41) is 10.1. The molecule has 1 aromatic rings. The number of allylic oxidation sites excluding steroid dienone is 2. The van der Waals surface area contributed by atoms with Gasteiger partial charge in [-0.15, -0.1) is 0 Å². The van der Waals surface area contributed by atoms with E-state index in [1.54, 1.807) is 12.1 Å². The van der Waals surface area contributed by atoms with Gasteiger partial charge in [-0.2, -0.15) is 0 Å². The largest absolute Gasteiger partial charge is 0.511 e. The fourth-order valence-corrected chi connectivity index (χ4v) is 4.46. The minimum Gasteiger partial charge on any atom is -0.511 e. The van der Waals surface area contributed by atoms with Crippen LogP contribution in [0.3, 0.4) is 0 Å². The number of carbonyl (C=O) groups is 1. The molecule has 1 aliphatic heterocycles. The Morgan fingerprint density at radius 3 is 2.61 bits per heavy atom. The molecule has 2 aliphatic rings. The summed E-state index contributed by atoms with van der Waals surface area (Å²) >= 11 is 0. The van der Waals surface area contributed by atoms with Gasteiger partial charge < -0.3 is 9.84 Å². The van der Waals surface area contributed by atoms with Crippen LogP contribution in [-0.4, -0.2) is 44.8 Å². The second-order valence-electron chi connectivity index (χ2n) is 8.04. The predicted molar refractivity (Wildman–Crippen MR) is 106 cm³/mol. The molecule has 0 bridgehead atoms. The third-order valence-corrected chi connectivity index (χ3v) is 6.35. The lowest BCUT2D eigenvalue weighted by molar-refractivity contribution is -0.117. The van der Waals surface area contributed by atoms with Crippen LogP contribution in [-0.2, 0) is 19.6 Å². The molecular formula is C20H26N2O5S. The summed E-state index contributed by atoms with van der Waals surface area (Å²) in [5.74, 6) is -0.0995. The maximum Gasteiger partial charge on any atom is 0.240 e. The van der Waals surface area contributed by atoms with Gasteiger partial charge in [-0.3, -0.25) is 9.79 Å². The van der Waals surface area contributed by atoms with Gasteiger partial charge >= 0.3 is 0 Å². The van der Waals surface area contributed by atoms with Crippen molar-refractivity contribution in [2.75, 3.05) is 13.2 Å². The summed E-state index contributed by atoms with van der Waals surface area (Å²) in [5.41, 5.74) is 0.454. The van der Waals surface area contributed by atoms with Crippen molar-refractivity contribution in [2.24, 2.45) is 10.4 Å². The summed E-state index contributed by atoms with van der Waals surface area (Å²) in [7, 11) is -3.62. The van der Waals surface area contributed by atoms with Crippen molar-refractivity contribution in [2.45, 2.75) is 50.5 Å². The molecule has 0 saturated carbocycles. The van der Waals surface area contributed by atoms with E-state index in [0.29, 0.717) is 25.1 Å².